The van der Waals surface area contributed by atoms with E-state index in [2.05, 4.69) is 28.9 Å². The van der Waals surface area contributed by atoms with E-state index in [0.717, 1.165) is 34.0 Å². The van der Waals surface area contributed by atoms with Crippen molar-refractivity contribution < 1.29 is 10.2 Å². The van der Waals surface area contributed by atoms with Crippen molar-refractivity contribution >= 4 is 27.2 Å². The van der Waals surface area contributed by atoms with Crippen molar-refractivity contribution in [1.82, 2.24) is 10.2 Å². The second kappa shape index (κ2) is 6.76. The first-order chi connectivity index (χ1) is 12.6. The molecule has 1 aliphatic heterocycles. The topological polar surface area (TPSA) is 69.5 Å². The van der Waals surface area contributed by atoms with Gasteiger partial charge in [0.2, 0.25) is 5.13 Å². The highest BCUT2D eigenvalue weighted by molar-refractivity contribution is 7.18. The second-order valence-corrected chi connectivity index (χ2v) is 7.99. The molecular weight excluding hydrogens is 346 g/mol. The molecule has 1 aliphatic rings. The van der Waals surface area contributed by atoms with E-state index in [9.17, 15) is 10.2 Å². The van der Waals surface area contributed by atoms with Gasteiger partial charge in [0.1, 0.15) is 11.5 Å². The molecule has 26 heavy (non-hydrogen) atoms. The minimum Gasteiger partial charge on any atom is -0.508 e. The molecule has 5 nitrogen and oxygen atoms in total. The highest BCUT2D eigenvalue weighted by atomic mass is 32.1. The number of benzene rings is 2. The Morgan fingerprint density at radius 1 is 1.00 bits per heavy atom. The number of fused-ring (bicyclic) bond motifs is 1. The van der Waals surface area contributed by atoms with Gasteiger partial charge in [-0.3, -0.25) is 0 Å². The van der Waals surface area contributed by atoms with Crippen molar-refractivity contribution in [2.24, 2.45) is 11.8 Å². The number of nitrogens with zero attached hydrogens (tertiary/aromatic N) is 3. The van der Waals surface area contributed by atoms with Gasteiger partial charge < -0.3 is 15.1 Å². The SMILES string of the molecule is CC[C@@H]1CN(c2nnc(-c3cc4ccc(O)cc4cc3O)s2)C[C@@H]1CC. The van der Waals surface area contributed by atoms with E-state index < -0.39 is 0 Å². The summed E-state index contributed by atoms with van der Waals surface area (Å²) >= 11 is 1.53. The lowest BCUT2D eigenvalue weighted by atomic mass is 9.92. The van der Waals surface area contributed by atoms with Crippen LogP contribution in [-0.2, 0) is 0 Å². The second-order valence-electron chi connectivity index (χ2n) is 7.03. The summed E-state index contributed by atoms with van der Waals surface area (Å²) in [6.45, 7) is 6.58. The maximum atomic E-state index is 10.4. The molecule has 2 heterocycles. The fraction of sp³-hybridized carbons (Fsp3) is 0.400. The van der Waals surface area contributed by atoms with E-state index in [1.54, 1.807) is 18.2 Å². The quantitative estimate of drug-likeness (QED) is 0.701. The number of rotatable bonds is 4. The molecule has 0 bridgehead atoms. The standard InChI is InChI=1S/C20H23N3O2S/c1-3-12-10-23(11-13(12)4-2)20-22-21-19(26-20)17-8-14-5-6-16(24)7-15(14)9-18(17)25/h5-9,12-13,24-25H,3-4,10-11H2,1-2H3/t12-,13+. The van der Waals surface area contributed by atoms with Crippen molar-refractivity contribution in [1.29, 1.82) is 0 Å². The summed E-state index contributed by atoms with van der Waals surface area (Å²) in [5.41, 5.74) is 0.685. The van der Waals surface area contributed by atoms with Gasteiger partial charge in [-0.15, -0.1) is 10.2 Å². The first kappa shape index (κ1) is 17.1. The van der Waals surface area contributed by atoms with Crippen LogP contribution in [0.2, 0.25) is 0 Å². The van der Waals surface area contributed by atoms with Gasteiger partial charge in [0.05, 0.1) is 5.56 Å². The lowest BCUT2D eigenvalue weighted by molar-refractivity contribution is 0.397. The molecule has 1 saturated heterocycles. The zero-order valence-electron chi connectivity index (χ0n) is 15.0. The Morgan fingerprint density at radius 2 is 1.73 bits per heavy atom. The maximum absolute atomic E-state index is 10.4. The average molecular weight is 369 g/mol. The third-order valence-electron chi connectivity index (χ3n) is 5.48. The van der Waals surface area contributed by atoms with Crippen LogP contribution < -0.4 is 4.90 Å². The smallest absolute Gasteiger partial charge is 0.208 e. The minimum atomic E-state index is 0.157. The Bertz CT molecular complexity index is 928. The predicted octanol–water partition coefficient (Wildman–Crippen LogP) is 4.64. The van der Waals surface area contributed by atoms with E-state index in [1.807, 2.05) is 12.1 Å². The minimum absolute atomic E-state index is 0.157. The van der Waals surface area contributed by atoms with Gasteiger partial charge in [0.25, 0.3) is 0 Å². The van der Waals surface area contributed by atoms with Crippen molar-refractivity contribution in [3.8, 4) is 22.1 Å². The zero-order chi connectivity index (χ0) is 18.3. The Hall–Kier alpha value is -2.34. The summed E-state index contributed by atoms with van der Waals surface area (Å²) in [6, 6.07) is 8.70. The van der Waals surface area contributed by atoms with Crippen molar-refractivity contribution in [2.75, 3.05) is 18.0 Å². The Balaban J connectivity index is 1.65. The third-order valence-corrected chi connectivity index (χ3v) is 6.50. The van der Waals surface area contributed by atoms with Crippen molar-refractivity contribution in [2.45, 2.75) is 26.7 Å². The number of aromatic nitrogens is 2. The summed E-state index contributed by atoms with van der Waals surface area (Å²) < 4.78 is 0. The molecule has 3 aromatic rings. The van der Waals surface area contributed by atoms with Gasteiger partial charge in [0, 0.05) is 13.1 Å². The number of hydrogen-bond acceptors (Lipinski definition) is 6. The molecule has 6 heteroatoms. The summed E-state index contributed by atoms with van der Waals surface area (Å²) in [7, 11) is 0. The molecule has 0 aliphatic carbocycles. The molecule has 0 unspecified atom stereocenters. The van der Waals surface area contributed by atoms with Crippen LogP contribution >= 0.6 is 11.3 Å². The van der Waals surface area contributed by atoms with Crippen LogP contribution in [0.1, 0.15) is 26.7 Å². The van der Waals surface area contributed by atoms with Crippen LogP contribution in [0.15, 0.2) is 30.3 Å². The van der Waals surface area contributed by atoms with E-state index in [-0.39, 0.29) is 11.5 Å². The van der Waals surface area contributed by atoms with Gasteiger partial charge in [-0.25, -0.2) is 0 Å². The fourth-order valence-corrected chi connectivity index (χ4v) is 4.80. The van der Waals surface area contributed by atoms with E-state index in [1.165, 1.54) is 24.2 Å². The summed E-state index contributed by atoms with van der Waals surface area (Å²) in [4.78, 5) is 2.33. The number of hydrogen-bond donors (Lipinski definition) is 2. The molecule has 0 radical (unpaired) electrons. The first-order valence-corrected chi connectivity index (χ1v) is 9.95. The van der Waals surface area contributed by atoms with Crippen LogP contribution in [0.4, 0.5) is 5.13 Å². The monoisotopic (exact) mass is 369 g/mol. The molecule has 2 atom stereocenters. The van der Waals surface area contributed by atoms with Gasteiger partial charge in [0.15, 0.2) is 5.01 Å². The lowest BCUT2D eigenvalue weighted by Crippen LogP contribution is -2.19. The Labute approximate surface area is 156 Å². The fourth-order valence-electron chi connectivity index (χ4n) is 3.92. The largest absolute Gasteiger partial charge is 0.508 e. The van der Waals surface area contributed by atoms with Gasteiger partial charge in [-0.2, -0.15) is 0 Å². The summed E-state index contributed by atoms with van der Waals surface area (Å²) in [5.74, 6) is 1.78. The molecule has 0 amide bonds. The molecule has 0 saturated carbocycles. The van der Waals surface area contributed by atoms with Crippen molar-refractivity contribution in [3.05, 3.63) is 30.3 Å². The van der Waals surface area contributed by atoms with Gasteiger partial charge in [-0.05, 0) is 46.9 Å². The molecular formula is C20H23N3O2S. The highest BCUT2D eigenvalue weighted by Crippen LogP contribution is 2.39. The van der Waals surface area contributed by atoms with Crippen LogP contribution in [0.5, 0.6) is 11.5 Å². The molecule has 2 N–H and O–H groups in total. The van der Waals surface area contributed by atoms with Gasteiger partial charge >= 0.3 is 0 Å². The Morgan fingerprint density at radius 3 is 2.42 bits per heavy atom. The lowest BCUT2D eigenvalue weighted by Gasteiger charge is -2.13. The van der Waals surface area contributed by atoms with E-state index in [4.69, 9.17) is 0 Å². The molecule has 0 spiro atoms. The number of aromatic hydroxyl groups is 2. The first-order valence-electron chi connectivity index (χ1n) is 9.13. The molecule has 1 fully saturated rings. The van der Waals surface area contributed by atoms with Crippen LogP contribution in [0, 0.1) is 11.8 Å². The van der Waals surface area contributed by atoms with Crippen molar-refractivity contribution in [3.63, 3.8) is 0 Å². The van der Waals surface area contributed by atoms with Crippen LogP contribution in [0.3, 0.4) is 0 Å². The van der Waals surface area contributed by atoms with Gasteiger partial charge in [-0.1, -0.05) is 44.1 Å². The zero-order valence-corrected chi connectivity index (χ0v) is 15.8. The normalized spacial score (nSPS) is 20.2. The summed E-state index contributed by atoms with van der Waals surface area (Å²) in [5, 5.41) is 32.2. The van der Waals surface area contributed by atoms with Crippen LogP contribution in [0.25, 0.3) is 21.3 Å². The molecule has 2 aromatic carbocycles. The Kier molecular flexibility index (Phi) is 4.44. The number of phenolic OH excluding ortho intramolecular Hbond substituents is 2. The number of anilines is 1. The highest BCUT2D eigenvalue weighted by Gasteiger charge is 2.32. The maximum Gasteiger partial charge on any atom is 0.208 e. The molecule has 136 valence electrons. The molecule has 1 aromatic heterocycles. The average Bonchev–Trinajstić information content (AvgIpc) is 3.27. The predicted molar refractivity (Wildman–Crippen MR) is 106 cm³/mol. The number of phenols is 2. The van der Waals surface area contributed by atoms with E-state index in [0.29, 0.717) is 17.4 Å². The summed E-state index contributed by atoms with van der Waals surface area (Å²) in [6.07, 6.45) is 2.39. The molecule has 4 rings (SSSR count). The van der Waals surface area contributed by atoms with Crippen LogP contribution in [-0.4, -0.2) is 33.5 Å². The van der Waals surface area contributed by atoms with E-state index >= 15 is 0 Å². The third kappa shape index (κ3) is 2.98.